The van der Waals surface area contributed by atoms with Crippen LogP contribution < -0.4 is 4.90 Å². The van der Waals surface area contributed by atoms with Crippen LogP contribution in [0.3, 0.4) is 0 Å². The van der Waals surface area contributed by atoms with E-state index < -0.39 is 0 Å². The summed E-state index contributed by atoms with van der Waals surface area (Å²) >= 11 is 0. The summed E-state index contributed by atoms with van der Waals surface area (Å²) in [5.74, 6) is -0.302. The van der Waals surface area contributed by atoms with Crippen LogP contribution in [0.2, 0.25) is 0 Å². The second kappa shape index (κ2) is 7.41. The summed E-state index contributed by atoms with van der Waals surface area (Å²) in [6, 6.07) is 16.0. The van der Waals surface area contributed by atoms with Crippen LogP contribution in [-0.4, -0.2) is 29.8 Å². The Balaban J connectivity index is 2.17. The van der Waals surface area contributed by atoms with E-state index in [0.717, 1.165) is 25.0 Å². The Labute approximate surface area is 130 Å². The molecular formula is C18H20N2O2. The van der Waals surface area contributed by atoms with E-state index in [1.54, 1.807) is 36.4 Å². The minimum Gasteiger partial charge on any atom is -0.618 e. The average molecular weight is 296 g/mol. The zero-order chi connectivity index (χ0) is 15.9. The number of anilines is 1. The van der Waals surface area contributed by atoms with Crippen LogP contribution in [0.5, 0.6) is 0 Å². The molecule has 4 heteroatoms. The molecule has 0 unspecified atom stereocenters. The van der Waals surface area contributed by atoms with E-state index in [1.807, 2.05) is 18.2 Å². The molecule has 0 saturated heterocycles. The number of nitrogens with zero attached hydrogens (tertiary/aromatic N) is 2. The molecule has 0 spiro atoms. The van der Waals surface area contributed by atoms with Crippen molar-refractivity contribution in [2.75, 3.05) is 18.0 Å². The van der Waals surface area contributed by atoms with Gasteiger partial charge in [0.2, 0.25) is 17.7 Å². The molecule has 2 aromatic carbocycles. The Morgan fingerprint density at radius 3 is 2.18 bits per heavy atom. The van der Waals surface area contributed by atoms with Gasteiger partial charge in [-0.2, -0.15) is 4.74 Å². The number of hydrogen-bond acceptors (Lipinski definition) is 3. The maximum absolute atomic E-state index is 12.1. The smallest absolute Gasteiger partial charge is 0.250 e. The summed E-state index contributed by atoms with van der Waals surface area (Å²) in [7, 11) is 0. The van der Waals surface area contributed by atoms with Gasteiger partial charge in [-0.25, -0.2) is 0 Å². The lowest BCUT2D eigenvalue weighted by atomic mass is 10.1. The molecule has 0 saturated carbocycles. The lowest BCUT2D eigenvalue weighted by Crippen LogP contribution is -2.21. The molecule has 0 heterocycles. The fourth-order valence-corrected chi connectivity index (χ4v) is 2.26. The van der Waals surface area contributed by atoms with E-state index in [1.165, 1.54) is 0 Å². The summed E-state index contributed by atoms with van der Waals surface area (Å²) in [6.07, 6.45) is 1.07. The first kappa shape index (κ1) is 15.8. The summed E-state index contributed by atoms with van der Waals surface area (Å²) in [5, 5.41) is 12.1. The lowest BCUT2D eigenvalue weighted by molar-refractivity contribution is -0.353. The van der Waals surface area contributed by atoms with Crippen molar-refractivity contribution in [3.05, 3.63) is 65.4 Å². The van der Waals surface area contributed by atoms with Crippen LogP contribution in [0.15, 0.2) is 54.6 Å². The van der Waals surface area contributed by atoms with Crippen molar-refractivity contribution in [1.82, 2.24) is 0 Å². The highest BCUT2D eigenvalue weighted by atomic mass is 16.5. The molecule has 0 aliphatic heterocycles. The number of ketones is 1. The van der Waals surface area contributed by atoms with Gasteiger partial charge in [-0.3, -0.25) is 4.79 Å². The normalized spacial score (nSPS) is 11.3. The lowest BCUT2D eigenvalue weighted by Gasteiger charge is -2.20. The predicted octanol–water partition coefficient (Wildman–Crippen LogP) is 3.63. The number of Topliss-reactive ketones (excluding diaryl/α,β-unsaturated/α-hetero) is 1. The second-order valence-electron chi connectivity index (χ2n) is 4.87. The van der Waals surface area contributed by atoms with Gasteiger partial charge in [0.1, 0.15) is 0 Å². The molecule has 0 aromatic heterocycles. The summed E-state index contributed by atoms with van der Waals surface area (Å²) in [5.41, 5.74) is 2.01. The van der Waals surface area contributed by atoms with Crippen molar-refractivity contribution < 1.29 is 9.53 Å². The minimum atomic E-state index is -0.302. The monoisotopic (exact) mass is 296 g/mol. The molecule has 0 bridgehead atoms. The Morgan fingerprint density at radius 1 is 1.05 bits per heavy atom. The van der Waals surface area contributed by atoms with Gasteiger partial charge in [-0.1, -0.05) is 30.3 Å². The first-order valence-corrected chi connectivity index (χ1v) is 7.41. The molecule has 114 valence electrons. The second-order valence-corrected chi connectivity index (χ2v) is 4.87. The van der Waals surface area contributed by atoms with Gasteiger partial charge in [-0.15, -0.1) is 0 Å². The highest BCUT2D eigenvalue weighted by Crippen LogP contribution is 2.19. The van der Waals surface area contributed by atoms with Crippen molar-refractivity contribution in [3.63, 3.8) is 0 Å². The fourth-order valence-electron chi connectivity index (χ4n) is 2.26. The van der Waals surface area contributed by atoms with Crippen LogP contribution in [0.4, 0.5) is 11.4 Å². The molecule has 0 amide bonds. The molecule has 2 aromatic rings. The van der Waals surface area contributed by atoms with E-state index in [9.17, 15) is 10.0 Å². The maximum Gasteiger partial charge on any atom is 0.250 e. The molecule has 0 atom stereocenters. The van der Waals surface area contributed by atoms with E-state index in [4.69, 9.17) is 0 Å². The van der Waals surface area contributed by atoms with Crippen molar-refractivity contribution in [2.24, 2.45) is 0 Å². The number of rotatable bonds is 6. The third-order valence-corrected chi connectivity index (χ3v) is 3.53. The molecule has 2 rings (SSSR count). The molecule has 0 radical (unpaired) electrons. The third-order valence-electron chi connectivity index (χ3n) is 3.53. The SMILES string of the molecule is CCN(CC)c1ccc(/[N+]([O-])=C/C(=O)c2ccccc2)cc1. The Bertz CT molecular complexity index is 645. The molecule has 4 nitrogen and oxygen atoms in total. The zero-order valence-corrected chi connectivity index (χ0v) is 12.9. The fraction of sp³-hybridized carbons (Fsp3) is 0.222. The van der Waals surface area contributed by atoms with Crippen LogP contribution in [0.1, 0.15) is 24.2 Å². The molecule has 0 aliphatic carbocycles. The first-order valence-electron chi connectivity index (χ1n) is 7.41. The Hall–Kier alpha value is -2.62. The molecule has 22 heavy (non-hydrogen) atoms. The van der Waals surface area contributed by atoms with Crippen molar-refractivity contribution in [1.29, 1.82) is 0 Å². The number of hydrogen-bond donors (Lipinski definition) is 0. The summed E-state index contributed by atoms with van der Waals surface area (Å²) in [6.45, 7) is 6.00. The Morgan fingerprint density at radius 2 is 1.64 bits per heavy atom. The number of carbonyl (C=O) groups is 1. The van der Waals surface area contributed by atoms with Gasteiger partial charge in [-0.05, 0) is 26.0 Å². The quantitative estimate of drug-likeness (QED) is 0.269. The number of benzene rings is 2. The topological polar surface area (TPSA) is 46.4 Å². The van der Waals surface area contributed by atoms with Gasteiger partial charge < -0.3 is 10.1 Å². The van der Waals surface area contributed by atoms with Crippen LogP contribution in [0, 0.1) is 5.21 Å². The minimum absolute atomic E-state index is 0.302. The van der Waals surface area contributed by atoms with Gasteiger partial charge >= 0.3 is 0 Å². The van der Waals surface area contributed by atoms with Crippen molar-refractivity contribution in [2.45, 2.75) is 13.8 Å². The molecule has 0 N–H and O–H groups in total. The summed E-state index contributed by atoms with van der Waals surface area (Å²) in [4.78, 5) is 14.2. The predicted molar refractivity (Wildman–Crippen MR) is 90.1 cm³/mol. The van der Waals surface area contributed by atoms with Crippen molar-refractivity contribution in [3.8, 4) is 0 Å². The standard InChI is InChI=1S/C18H20N2O2/c1-3-19(4-2)16-10-12-17(13-11-16)20(22)14-18(21)15-8-6-5-7-9-15/h5-14H,3-4H2,1-2H3/b20-14-. The van der Waals surface area contributed by atoms with E-state index in [0.29, 0.717) is 16.0 Å². The van der Waals surface area contributed by atoms with Gasteiger partial charge in [0, 0.05) is 36.5 Å². The van der Waals surface area contributed by atoms with Crippen molar-refractivity contribution >= 4 is 23.4 Å². The highest BCUT2D eigenvalue weighted by molar-refractivity contribution is 6.33. The molecule has 0 fully saturated rings. The van der Waals surface area contributed by atoms with Gasteiger partial charge in [0.15, 0.2) is 0 Å². The van der Waals surface area contributed by atoms with E-state index in [2.05, 4.69) is 18.7 Å². The third kappa shape index (κ3) is 3.73. The van der Waals surface area contributed by atoms with Gasteiger partial charge in [0.05, 0.1) is 0 Å². The summed E-state index contributed by atoms with van der Waals surface area (Å²) < 4.78 is 0.612. The van der Waals surface area contributed by atoms with Crippen LogP contribution in [-0.2, 0) is 0 Å². The Kier molecular flexibility index (Phi) is 5.31. The molecule has 0 aliphatic rings. The van der Waals surface area contributed by atoms with E-state index in [-0.39, 0.29) is 5.78 Å². The van der Waals surface area contributed by atoms with Crippen LogP contribution >= 0.6 is 0 Å². The average Bonchev–Trinajstić information content (AvgIpc) is 2.57. The number of carbonyl (C=O) groups excluding carboxylic acids is 1. The highest BCUT2D eigenvalue weighted by Gasteiger charge is 2.09. The first-order chi connectivity index (χ1) is 10.7. The molecular weight excluding hydrogens is 276 g/mol. The maximum atomic E-state index is 12.1. The zero-order valence-electron chi connectivity index (χ0n) is 12.9. The van der Waals surface area contributed by atoms with E-state index >= 15 is 0 Å². The van der Waals surface area contributed by atoms with Gasteiger partial charge in [0.25, 0.3) is 0 Å². The van der Waals surface area contributed by atoms with Crippen LogP contribution in [0.25, 0.3) is 0 Å². The largest absolute Gasteiger partial charge is 0.618 e.